The molecule has 0 saturated carbocycles. The Balaban J connectivity index is 1.73. The van der Waals surface area contributed by atoms with E-state index in [4.69, 9.17) is 10.1 Å². The fraction of sp³-hybridized carbons (Fsp3) is 0.375. The van der Waals surface area contributed by atoms with Crippen molar-refractivity contribution in [1.29, 1.82) is 5.41 Å². The molecule has 0 amide bonds. The zero-order valence-corrected chi connectivity index (χ0v) is 15.2. The number of morpholine rings is 1. The number of alkyl halides is 2. The van der Waals surface area contributed by atoms with E-state index in [2.05, 4.69) is 42.4 Å². The second-order valence-corrected chi connectivity index (χ2v) is 6.15. The Morgan fingerprint density at radius 1 is 1.48 bits per heavy atom. The average molecular weight is 395 g/mol. The Morgan fingerprint density at radius 3 is 3.11 bits per heavy atom. The number of hydrogen-bond acceptors (Lipinski definition) is 8. The predicted molar refractivity (Wildman–Crippen MR) is 101 cm³/mol. The van der Waals surface area contributed by atoms with Crippen LogP contribution in [0.2, 0.25) is 0 Å². The molecular formula is C16H19F2N7OS. The summed E-state index contributed by atoms with van der Waals surface area (Å²) in [5.74, 6) is 1.13. The van der Waals surface area contributed by atoms with Gasteiger partial charge in [0.05, 0.1) is 36.0 Å². The van der Waals surface area contributed by atoms with Gasteiger partial charge in [0.15, 0.2) is 0 Å². The van der Waals surface area contributed by atoms with Crippen molar-refractivity contribution in [3.8, 4) is 11.4 Å². The van der Waals surface area contributed by atoms with Gasteiger partial charge < -0.3 is 14.6 Å². The minimum absolute atomic E-state index is 0.0173. The normalized spacial score (nSPS) is 17.8. The summed E-state index contributed by atoms with van der Waals surface area (Å²) in [4.78, 5) is 17.8. The monoisotopic (exact) mass is 395 g/mol. The number of H-pyrrole nitrogens is 1. The van der Waals surface area contributed by atoms with Crippen molar-refractivity contribution in [1.82, 2.24) is 24.7 Å². The van der Waals surface area contributed by atoms with Crippen LogP contribution >= 0.6 is 12.8 Å². The Hall–Kier alpha value is -2.37. The number of aromatic amines is 1. The van der Waals surface area contributed by atoms with Gasteiger partial charge in [-0.2, -0.15) is 0 Å². The molecule has 2 aromatic rings. The van der Waals surface area contributed by atoms with Crippen LogP contribution in [0.5, 0.6) is 0 Å². The van der Waals surface area contributed by atoms with E-state index < -0.39 is 12.1 Å². The Labute approximate surface area is 160 Å². The summed E-state index contributed by atoms with van der Waals surface area (Å²) in [5.41, 5.74) is 0.491. The van der Waals surface area contributed by atoms with Crippen molar-refractivity contribution >= 4 is 30.4 Å². The van der Waals surface area contributed by atoms with Gasteiger partial charge in [0.2, 0.25) is 0 Å². The topological polar surface area (TPSA) is 103 Å². The average Bonchev–Trinajstić information content (AvgIpc) is 3.16. The van der Waals surface area contributed by atoms with Crippen LogP contribution in [0.3, 0.4) is 0 Å². The molecule has 27 heavy (non-hydrogen) atoms. The van der Waals surface area contributed by atoms with Gasteiger partial charge >= 0.3 is 0 Å². The van der Waals surface area contributed by atoms with Crippen molar-refractivity contribution in [3.63, 3.8) is 0 Å². The van der Waals surface area contributed by atoms with Crippen molar-refractivity contribution in [2.75, 3.05) is 31.1 Å². The lowest BCUT2D eigenvalue weighted by Crippen LogP contribution is -2.46. The number of aromatic nitrogens is 4. The van der Waals surface area contributed by atoms with Crippen LogP contribution in [0, 0.1) is 5.41 Å². The number of halogens is 2. The lowest BCUT2D eigenvalue weighted by molar-refractivity contribution is 0.0445. The molecule has 1 fully saturated rings. The molecule has 3 heterocycles. The third kappa shape index (κ3) is 5.08. The summed E-state index contributed by atoms with van der Waals surface area (Å²) in [7, 11) is 0. The molecule has 8 nitrogen and oxygen atoms in total. The fourth-order valence-corrected chi connectivity index (χ4v) is 2.82. The van der Waals surface area contributed by atoms with Gasteiger partial charge in [-0.15, -0.1) is 0 Å². The minimum Gasteiger partial charge on any atom is -0.373 e. The van der Waals surface area contributed by atoms with Gasteiger partial charge in [0.25, 0.3) is 6.43 Å². The SMILES string of the molecule is N=C(/C=C\c1ncc(-c2cc(N3CCOC(CNS)C3)ncn2)[nH]1)C(F)F. The lowest BCUT2D eigenvalue weighted by Gasteiger charge is -2.33. The first-order valence-electron chi connectivity index (χ1n) is 8.22. The number of nitrogens with zero attached hydrogens (tertiary/aromatic N) is 4. The molecule has 0 radical (unpaired) electrons. The third-order valence-electron chi connectivity index (χ3n) is 3.96. The molecule has 1 aliphatic rings. The van der Waals surface area contributed by atoms with Crippen LogP contribution in [0.25, 0.3) is 17.5 Å². The Kier molecular flexibility index (Phi) is 6.48. The van der Waals surface area contributed by atoms with E-state index in [0.717, 1.165) is 11.9 Å². The van der Waals surface area contributed by atoms with E-state index in [1.54, 1.807) is 6.20 Å². The zero-order chi connectivity index (χ0) is 19.2. The first kappa shape index (κ1) is 19.4. The molecule has 1 atom stereocenters. The van der Waals surface area contributed by atoms with E-state index in [-0.39, 0.29) is 6.10 Å². The highest BCUT2D eigenvalue weighted by molar-refractivity contribution is 7.78. The van der Waals surface area contributed by atoms with Crippen LogP contribution in [-0.4, -0.2) is 64.4 Å². The van der Waals surface area contributed by atoms with Crippen LogP contribution in [-0.2, 0) is 4.74 Å². The van der Waals surface area contributed by atoms with Crippen molar-refractivity contribution in [3.05, 3.63) is 30.5 Å². The Morgan fingerprint density at radius 2 is 2.33 bits per heavy atom. The van der Waals surface area contributed by atoms with Gasteiger partial charge in [0.1, 0.15) is 18.0 Å². The molecule has 3 rings (SSSR count). The van der Waals surface area contributed by atoms with E-state index >= 15 is 0 Å². The number of anilines is 1. The van der Waals surface area contributed by atoms with Gasteiger partial charge in [-0.1, -0.05) is 12.8 Å². The zero-order valence-electron chi connectivity index (χ0n) is 14.3. The Bertz CT molecular complexity index is 812. The van der Waals surface area contributed by atoms with Crippen LogP contribution in [0.4, 0.5) is 14.6 Å². The highest BCUT2D eigenvalue weighted by Crippen LogP contribution is 2.21. The number of rotatable bonds is 7. The van der Waals surface area contributed by atoms with Crippen molar-refractivity contribution in [2.45, 2.75) is 12.5 Å². The van der Waals surface area contributed by atoms with E-state index in [1.807, 2.05) is 6.07 Å². The van der Waals surface area contributed by atoms with Crippen LogP contribution < -0.4 is 9.62 Å². The molecular weight excluding hydrogens is 376 g/mol. The molecule has 0 aromatic carbocycles. The molecule has 2 aromatic heterocycles. The van der Waals surface area contributed by atoms with Crippen LogP contribution in [0.15, 0.2) is 24.7 Å². The van der Waals surface area contributed by atoms with Gasteiger partial charge in [-0.05, 0) is 12.2 Å². The molecule has 1 saturated heterocycles. The highest BCUT2D eigenvalue weighted by atomic mass is 32.1. The summed E-state index contributed by atoms with van der Waals surface area (Å²) >= 11 is 4.01. The summed E-state index contributed by atoms with van der Waals surface area (Å²) in [5, 5.41) is 7.13. The molecule has 0 spiro atoms. The molecule has 0 aliphatic carbocycles. The predicted octanol–water partition coefficient (Wildman–Crippen LogP) is 1.80. The fourth-order valence-electron chi connectivity index (χ4n) is 2.61. The van der Waals surface area contributed by atoms with E-state index in [1.165, 1.54) is 12.4 Å². The first-order chi connectivity index (χ1) is 13.1. The summed E-state index contributed by atoms with van der Waals surface area (Å²) < 4.78 is 33.2. The summed E-state index contributed by atoms with van der Waals surface area (Å²) in [6, 6.07) is 1.83. The number of imidazole rings is 1. The molecule has 1 unspecified atom stereocenters. The maximum absolute atomic E-state index is 12.4. The lowest BCUT2D eigenvalue weighted by atomic mass is 10.2. The maximum Gasteiger partial charge on any atom is 0.279 e. The van der Waals surface area contributed by atoms with Crippen molar-refractivity contribution in [2.24, 2.45) is 0 Å². The van der Waals surface area contributed by atoms with E-state index in [9.17, 15) is 8.78 Å². The number of nitrogens with one attached hydrogen (secondary N) is 3. The molecule has 1 aliphatic heterocycles. The molecule has 11 heteroatoms. The second kappa shape index (κ2) is 9.02. The smallest absolute Gasteiger partial charge is 0.279 e. The minimum atomic E-state index is -2.81. The highest BCUT2D eigenvalue weighted by Gasteiger charge is 2.21. The molecule has 3 N–H and O–H groups in total. The van der Waals surface area contributed by atoms with Gasteiger partial charge in [-0.3, -0.25) is 10.1 Å². The van der Waals surface area contributed by atoms with Gasteiger partial charge in [0, 0.05) is 25.7 Å². The largest absolute Gasteiger partial charge is 0.373 e. The first-order valence-corrected chi connectivity index (χ1v) is 8.67. The number of ether oxygens (including phenoxy) is 1. The molecule has 144 valence electrons. The maximum atomic E-state index is 12.4. The molecule has 0 bridgehead atoms. The summed E-state index contributed by atoms with van der Waals surface area (Å²) in [6.45, 7) is 2.61. The quantitative estimate of drug-likeness (QED) is 0.421. The number of allylic oxidation sites excluding steroid dienone is 1. The number of hydrogen-bond donors (Lipinski definition) is 4. The van der Waals surface area contributed by atoms with E-state index in [0.29, 0.717) is 43.5 Å². The third-order valence-corrected chi connectivity index (χ3v) is 4.14. The number of thiol groups is 1. The van der Waals surface area contributed by atoms with Crippen LogP contribution in [0.1, 0.15) is 5.82 Å². The van der Waals surface area contributed by atoms with Crippen molar-refractivity contribution < 1.29 is 13.5 Å². The second-order valence-electron chi connectivity index (χ2n) is 5.83. The summed E-state index contributed by atoms with van der Waals surface area (Å²) in [6.07, 6.45) is 2.58. The standard InChI is InChI=1S/C16H19F2N7OS/c17-16(18)11(19)1-2-14-20-7-13(24-14)12-5-15(22-9-21-12)25-3-4-26-10(8-25)6-23-27/h1-2,5,7,9-10,16,19,23,27H,3-4,6,8H2,(H,20,24)/b2-1-,19-11?. The van der Waals surface area contributed by atoms with Gasteiger partial charge in [-0.25, -0.2) is 23.7 Å².